The van der Waals surface area contributed by atoms with Crippen LogP contribution >= 0.6 is 34.8 Å². The number of hydrogen-bond acceptors (Lipinski definition) is 4. The first kappa shape index (κ1) is 23.1. The molecule has 31 heavy (non-hydrogen) atoms. The van der Waals surface area contributed by atoms with Crippen molar-refractivity contribution in [2.75, 3.05) is 10.8 Å². The second-order valence-electron chi connectivity index (χ2n) is 6.21. The number of nitrogens with one attached hydrogen (secondary N) is 1. The van der Waals surface area contributed by atoms with E-state index in [1.165, 1.54) is 30.5 Å². The van der Waals surface area contributed by atoms with Crippen molar-refractivity contribution >= 4 is 62.6 Å². The summed E-state index contributed by atoms with van der Waals surface area (Å²) in [6, 6.07) is 19.2. The summed E-state index contributed by atoms with van der Waals surface area (Å²) in [5, 5.41) is 4.48. The van der Waals surface area contributed by atoms with E-state index in [1.807, 2.05) is 0 Å². The molecule has 10 heteroatoms. The van der Waals surface area contributed by atoms with Gasteiger partial charge in [0.05, 0.1) is 26.8 Å². The lowest BCUT2D eigenvalue weighted by atomic mass is 10.2. The monoisotopic (exact) mass is 495 g/mol. The normalized spacial score (nSPS) is 11.5. The molecule has 3 aromatic rings. The standard InChI is InChI=1S/C21H16Cl3N3O3S/c22-17-10-5-4-7-15(17)13-25-26-20(28)14-27(19-12-6-11-18(23)21(19)24)31(29,30)16-8-2-1-3-9-16/h1-13H,14H2,(H,26,28)/b25-13-. The van der Waals surface area contributed by atoms with Crippen LogP contribution in [-0.4, -0.2) is 27.1 Å². The number of hydrogen-bond donors (Lipinski definition) is 1. The van der Waals surface area contributed by atoms with Gasteiger partial charge in [-0.05, 0) is 30.3 Å². The molecule has 0 saturated carbocycles. The predicted octanol–water partition coefficient (Wildman–Crippen LogP) is 4.99. The van der Waals surface area contributed by atoms with E-state index in [-0.39, 0.29) is 20.6 Å². The Morgan fingerprint density at radius 3 is 2.26 bits per heavy atom. The Morgan fingerprint density at radius 2 is 1.55 bits per heavy atom. The number of amides is 1. The van der Waals surface area contributed by atoms with Gasteiger partial charge in [-0.2, -0.15) is 5.10 Å². The van der Waals surface area contributed by atoms with E-state index in [9.17, 15) is 13.2 Å². The fourth-order valence-electron chi connectivity index (χ4n) is 2.62. The number of carbonyl (C=O) groups is 1. The molecule has 3 aromatic carbocycles. The van der Waals surface area contributed by atoms with Crippen LogP contribution in [-0.2, 0) is 14.8 Å². The largest absolute Gasteiger partial charge is 0.271 e. The van der Waals surface area contributed by atoms with Gasteiger partial charge in [0.2, 0.25) is 0 Å². The number of benzene rings is 3. The van der Waals surface area contributed by atoms with E-state index in [1.54, 1.807) is 48.5 Å². The molecule has 0 saturated heterocycles. The van der Waals surface area contributed by atoms with Gasteiger partial charge in [-0.1, -0.05) is 77.3 Å². The van der Waals surface area contributed by atoms with Crippen LogP contribution in [0, 0.1) is 0 Å². The van der Waals surface area contributed by atoms with Crippen molar-refractivity contribution in [2.45, 2.75) is 4.90 Å². The van der Waals surface area contributed by atoms with Crippen LogP contribution < -0.4 is 9.73 Å². The second kappa shape index (κ2) is 10.2. The predicted molar refractivity (Wildman–Crippen MR) is 125 cm³/mol. The number of nitrogens with zero attached hydrogens (tertiary/aromatic N) is 2. The van der Waals surface area contributed by atoms with Crippen LogP contribution in [0.1, 0.15) is 5.56 Å². The summed E-state index contributed by atoms with van der Waals surface area (Å²) in [6.45, 7) is -0.572. The Hall–Kier alpha value is -2.58. The first-order valence-electron chi connectivity index (χ1n) is 8.89. The van der Waals surface area contributed by atoms with Crippen molar-refractivity contribution in [3.8, 4) is 0 Å². The first-order valence-corrected chi connectivity index (χ1v) is 11.5. The van der Waals surface area contributed by atoms with Crippen molar-refractivity contribution in [1.29, 1.82) is 0 Å². The average Bonchev–Trinajstić information content (AvgIpc) is 2.76. The highest BCUT2D eigenvalue weighted by Crippen LogP contribution is 2.35. The molecule has 0 aliphatic carbocycles. The molecule has 0 spiro atoms. The molecule has 0 bridgehead atoms. The van der Waals surface area contributed by atoms with Crippen molar-refractivity contribution in [3.05, 3.63) is 93.4 Å². The van der Waals surface area contributed by atoms with Gasteiger partial charge in [0.1, 0.15) is 6.54 Å². The SMILES string of the molecule is O=C(CN(c1cccc(Cl)c1Cl)S(=O)(=O)c1ccccc1)N/N=C\c1ccccc1Cl. The molecule has 1 N–H and O–H groups in total. The molecular formula is C21H16Cl3N3O3S. The van der Waals surface area contributed by atoms with Gasteiger partial charge in [-0.25, -0.2) is 13.8 Å². The van der Waals surface area contributed by atoms with E-state index < -0.39 is 22.5 Å². The summed E-state index contributed by atoms with van der Waals surface area (Å²) in [4.78, 5) is 12.5. The Morgan fingerprint density at radius 1 is 0.903 bits per heavy atom. The Kier molecular flexibility index (Phi) is 7.56. The summed E-state index contributed by atoms with van der Waals surface area (Å²) in [5.74, 6) is -0.682. The summed E-state index contributed by atoms with van der Waals surface area (Å²) in [6.07, 6.45) is 1.36. The molecule has 0 radical (unpaired) electrons. The lowest BCUT2D eigenvalue weighted by Gasteiger charge is -2.24. The zero-order valence-electron chi connectivity index (χ0n) is 15.9. The lowest BCUT2D eigenvalue weighted by molar-refractivity contribution is -0.119. The van der Waals surface area contributed by atoms with Gasteiger partial charge in [0.15, 0.2) is 0 Å². The molecule has 0 aliphatic heterocycles. The van der Waals surface area contributed by atoms with Crippen LogP contribution in [0.3, 0.4) is 0 Å². The maximum atomic E-state index is 13.3. The minimum Gasteiger partial charge on any atom is -0.271 e. The van der Waals surface area contributed by atoms with Gasteiger partial charge >= 0.3 is 0 Å². The average molecular weight is 497 g/mol. The second-order valence-corrected chi connectivity index (χ2v) is 9.27. The molecule has 0 aliphatic rings. The van der Waals surface area contributed by atoms with E-state index in [4.69, 9.17) is 34.8 Å². The Bertz CT molecular complexity index is 1220. The number of rotatable bonds is 7. The number of halogens is 3. The highest BCUT2D eigenvalue weighted by molar-refractivity contribution is 7.92. The molecule has 0 atom stereocenters. The van der Waals surface area contributed by atoms with E-state index >= 15 is 0 Å². The maximum absolute atomic E-state index is 13.3. The highest BCUT2D eigenvalue weighted by Gasteiger charge is 2.29. The van der Waals surface area contributed by atoms with Crippen molar-refractivity contribution in [1.82, 2.24) is 5.43 Å². The topological polar surface area (TPSA) is 78.8 Å². The highest BCUT2D eigenvalue weighted by atomic mass is 35.5. The molecule has 0 heterocycles. The number of sulfonamides is 1. The van der Waals surface area contributed by atoms with Crippen LogP contribution in [0.25, 0.3) is 0 Å². The third-order valence-corrected chi connectivity index (χ3v) is 7.04. The molecule has 0 aromatic heterocycles. The first-order chi connectivity index (χ1) is 14.8. The van der Waals surface area contributed by atoms with E-state index in [2.05, 4.69) is 10.5 Å². The minimum absolute atomic E-state index is 0.00147. The van der Waals surface area contributed by atoms with Gasteiger partial charge in [0.25, 0.3) is 15.9 Å². The lowest BCUT2D eigenvalue weighted by Crippen LogP contribution is -2.39. The smallest absolute Gasteiger partial charge is 0.264 e. The molecule has 0 unspecified atom stereocenters. The third kappa shape index (κ3) is 5.57. The quantitative estimate of drug-likeness (QED) is 0.370. The molecule has 6 nitrogen and oxygen atoms in total. The zero-order valence-corrected chi connectivity index (χ0v) is 19.0. The number of hydrazone groups is 1. The van der Waals surface area contributed by atoms with Gasteiger partial charge in [-0.3, -0.25) is 9.10 Å². The van der Waals surface area contributed by atoms with Crippen LogP contribution in [0.2, 0.25) is 15.1 Å². The number of carbonyl (C=O) groups excluding carboxylic acids is 1. The summed E-state index contributed by atoms with van der Waals surface area (Å²) in [7, 11) is -4.12. The van der Waals surface area contributed by atoms with Crippen LogP contribution in [0.4, 0.5) is 5.69 Å². The van der Waals surface area contributed by atoms with Gasteiger partial charge in [-0.15, -0.1) is 0 Å². The van der Waals surface area contributed by atoms with Crippen molar-refractivity contribution in [3.63, 3.8) is 0 Å². The molecule has 3 rings (SSSR count). The van der Waals surface area contributed by atoms with Crippen molar-refractivity contribution in [2.24, 2.45) is 5.10 Å². The number of anilines is 1. The summed E-state index contributed by atoms with van der Waals surface area (Å²) < 4.78 is 27.4. The molecule has 1 amide bonds. The molecule has 160 valence electrons. The van der Waals surface area contributed by atoms with Crippen LogP contribution in [0.15, 0.2) is 82.8 Å². The van der Waals surface area contributed by atoms with Crippen LogP contribution in [0.5, 0.6) is 0 Å². The Labute approximate surface area is 195 Å². The van der Waals surface area contributed by atoms with Gasteiger partial charge in [0, 0.05) is 10.6 Å². The molecule has 0 fully saturated rings. The van der Waals surface area contributed by atoms with Crippen molar-refractivity contribution < 1.29 is 13.2 Å². The minimum atomic E-state index is -4.12. The zero-order chi connectivity index (χ0) is 22.4. The summed E-state index contributed by atoms with van der Waals surface area (Å²) >= 11 is 18.4. The fourth-order valence-corrected chi connectivity index (χ4v) is 4.71. The maximum Gasteiger partial charge on any atom is 0.264 e. The Balaban J connectivity index is 1.89. The van der Waals surface area contributed by atoms with E-state index in [0.717, 1.165) is 4.31 Å². The van der Waals surface area contributed by atoms with Gasteiger partial charge < -0.3 is 0 Å². The molecular weight excluding hydrogens is 481 g/mol. The fraction of sp³-hybridized carbons (Fsp3) is 0.0476. The van der Waals surface area contributed by atoms with E-state index in [0.29, 0.717) is 10.6 Å². The third-order valence-electron chi connectivity index (χ3n) is 4.12. The summed E-state index contributed by atoms with van der Waals surface area (Å²) in [5.41, 5.74) is 2.97.